The molecular formula is C25H24N2O2S. The molecule has 0 radical (unpaired) electrons. The smallest absolute Gasteiger partial charge is 0.238 e. The summed E-state index contributed by atoms with van der Waals surface area (Å²) in [5.74, 6) is 0.541. The molecule has 1 saturated heterocycles. The van der Waals surface area contributed by atoms with Gasteiger partial charge in [-0.05, 0) is 48.7 Å². The van der Waals surface area contributed by atoms with Crippen LogP contribution in [0.4, 0.5) is 11.4 Å². The molecule has 0 aromatic heterocycles. The fraction of sp³-hybridized carbons (Fsp3) is 0.200. The van der Waals surface area contributed by atoms with E-state index in [-0.39, 0.29) is 17.2 Å². The van der Waals surface area contributed by atoms with Crippen LogP contribution < -0.4 is 10.2 Å². The number of nitrogens with zero attached hydrogens (tertiary/aromatic N) is 1. The number of thioether (sulfide) groups is 1. The van der Waals surface area contributed by atoms with Crippen LogP contribution >= 0.6 is 11.8 Å². The zero-order valence-corrected chi connectivity index (χ0v) is 17.7. The molecule has 5 heteroatoms. The van der Waals surface area contributed by atoms with Crippen LogP contribution in [-0.4, -0.2) is 17.6 Å². The maximum Gasteiger partial charge on any atom is 0.238 e. The van der Waals surface area contributed by atoms with E-state index in [4.69, 9.17) is 0 Å². The van der Waals surface area contributed by atoms with Gasteiger partial charge in [0.1, 0.15) is 5.37 Å². The average Bonchev–Trinajstić information content (AvgIpc) is 3.15. The lowest BCUT2D eigenvalue weighted by molar-refractivity contribution is -0.116. The molecule has 2 amide bonds. The Hall–Kier alpha value is -3.05. The molecule has 0 aliphatic carbocycles. The van der Waals surface area contributed by atoms with E-state index < -0.39 is 0 Å². The Bertz CT molecular complexity index is 1030. The van der Waals surface area contributed by atoms with Gasteiger partial charge in [0.2, 0.25) is 11.8 Å². The largest absolute Gasteiger partial charge is 0.326 e. The molecule has 0 unspecified atom stereocenters. The van der Waals surface area contributed by atoms with Gasteiger partial charge >= 0.3 is 0 Å². The predicted octanol–water partition coefficient (Wildman–Crippen LogP) is 5.34. The van der Waals surface area contributed by atoms with Crippen LogP contribution in [0, 0.1) is 6.92 Å². The highest BCUT2D eigenvalue weighted by atomic mass is 32.2. The Labute approximate surface area is 181 Å². The SMILES string of the molecule is Cc1ccc(N2C(=O)CS[C@H]2c2cccc(NC(=O)CCc3ccccc3)c2)cc1. The minimum Gasteiger partial charge on any atom is -0.326 e. The molecule has 1 aliphatic rings. The second kappa shape index (κ2) is 9.18. The van der Waals surface area contributed by atoms with Crippen LogP contribution in [0.25, 0.3) is 0 Å². The second-order valence-corrected chi connectivity index (χ2v) is 8.49. The number of rotatable bonds is 6. The molecule has 0 spiro atoms. The number of carbonyl (C=O) groups excluding carboxylic acids is 2. The number of carbonyl (C=O) groups is 2. The highest BCUT2D eigenvalue weighted by Gasteiger charge is 2.34. The fourth-order valence-corrected chi connectivity index (χ4v) is 4.72. The van der Waals surface area contributed by atoms with Crippen LogP contribution in [-0.2, 0) is 16.0 Å². The third-order valence-electron chi connectivity index (χ3n) is 5.12. The molecule has 4 nitrogen and oxygen atoms in total. The van der Waals surface area contributed by atoms with Crippen molar-refractivity contribution in [2.75, 3.05) is 16.0 Å². The first kappa shape index (κ1) is 20.2. The monoisotopic (exact) mass is 416 g/mol. The van der Waals surface area contributed by atoms with Crippen molar-refractivity contribution in [3.05, 3.63) is 95.6 Å². The summed E-state index contributed by atoms with van der Waals surface area (Å²) < 4.78 is 0. The van der Waals surface area contributed by atoms with Crippen LogP contribution in [0.2, 0.25) is 0 Å². The predicted molar refractivity (Wildman–Crippen MR) is 124 cm³/mol. The van der Waals surface area contributed by atoms with Crippen molar-refractivity contribution in [1.82, 2.24) is 0 Å². The van der Waals surface area contributed by atoms with E-state index in [0.29, 0.717) is 18.6 Å². The zero-order chi connectivity index (χ0) is 20.9. The minimum atomic E-state index is -0.0959. The summed E-state index contributed by atoms with van der Waals surface area (Å²) in [5.41, 5.74) is 4.98. The van der Waals surface area contributed by atoms with E-state index >= 15 is 0 Å². The van der Waals surface area contributed by atoms with Crippen LogP contribution in [0.3, 0.4) is 0 Å². The lowest BCUT2D eigenvalue weighted by atomic mass is 10.1. The van der Waals surface area contributed by atoms with Crippen molar-refractivity contribution >= 4 is 35.0 Å². The minimum absolute atomic E-state index is 0.0125. The van der Waals surface area contributed by atoms with Gasteiger partial charge in [-0.3, -0.25) is 14.5 Å². The van der Waals surface area contributed by atoms with E-state index in [1.807, 2.05) is 90.7 Å². The molecule has 3 aromatic rings. The molecular weight excluding hydrogens is 392 g/mol. The van der Waals surface area contributed by atoms with Gasteiger partial charge in [0.05, 0.1) is 5.75 Å². The summed E-state index contributed by atoms with van der Waals surface area (Å²) in [5, 5.41) is 2.90. The first-order valence-corrected chi connectivity index (χ1v) is 11.1. The zero-order valence-electron chi connectivity index (χ0n) is 16.9. The van der Waals surface area contributed by atoms with E-state index in [9.17, 15) is 9.59 Å². The third kappa shape index (κ3) is 4.74. The van der Waals surface area contributed by atoms with Gasteiger partial charge in [-0.25, -0.2) is 0 Å². The summed E-state index contributed by atoms with van der Waals surface area (Å²) in [6.07, 6.45) is 1.14. The second-order valence-electron chi connectivity index (χ2n) is 7.42. The van der Waals surface area contributed by atoms with E-state index in [0.717, 1.165) is 28.1 Å². The molecule has 1 aliphatic heterocycles. The van der Waals surface area contributed by atoms with Crippen LogP contribution in [0.15, 0.2) is 78.9 Å². The summed E-state index contributed by atoms with van der Waals surface area (Å²) in [7, 11) is 0. The van der Waals surface area contributed by atoms with Crippen molar-refractivity contribution in [1.29, 1.82) is 0 Å². The fourth-order valence-electron chi connectivity index (χ4n) is 3.55. The number of anilines is 2. The number of amides is 2. The lowest BCUT2D eigenvalue weighted by Gasteiger charge is -2.25. The average molecular weight is 417 g/mol. The number of hydrogen-bond donors (Lipinski definition) is 1. The number of aryl methyl sites for hydroxylation is 2. The van der Waals surface area contributed by atoms with Crippen molar-refractivity contribution < 1.29 is 9.59 Å². The molecule has 0 bridgehead atoms. The number of nitrogens with one attached hydrogen (secondary N) is 1. The Morgan fingerprint density at radius 1 is 1.03 bits per heavy atom. The molecule has 152 valence electrons. The molecule has 0 saturated carbocycles. The topological polar surface area (TPSA) is 49.4 Å². The highest BCUT2D eigenvalue weighted by molar-refractivity contribution is 8.00. The normalized spacial score (nSPS) is 16.0. The number of benzene rings is 3. The Morgan fingerprint density at radius 3 is 2.57 bits per heavy atom. The van der Waals surface area contributed by atoms with Gasteiger partial charge < -0.3 is 5.32 Å². The van der Waals surface area contributed by atoms with E-state index in [2.05, 4.69) is 5.32 Å². The van der Waals surface area contributed by atoms with Gasteiger partial charge in [-0.15, -0.1) is 11.8 Å². The highest BCUT2D eigenvalue weighted by Crippen LogP contribution is 2.42. The van der Waals surface area contributed by atoms with Crippen molar-refractivity contribution in [3.8, 4) is 0 Å². The van der Waals surface area contributed by atoms with Crippen LogP contribution in [0.1, 0.15) is 28.5 Å². The summed E-state index contributed by atoms with van der Waals surface area (Å²) >= 11 is 1.61. The van der Waals surface area contributed by atoms with Gasteiger partial charge in [0.15, 0.2) is 0 Å². The van der Waals surface area contributed by atoms with Crippen molar-refractivity contribution in [2.45, 2.75) is 25.1 Å². The Balaban J connectivity index is 1.46. The van der Waals surface area contributed by atoms with Gasteiger partial charge in [0.25, 0.3) is 0 Å². The van der Waals surface area contributed by atoms with Gasteiger partial charge in [0, 0.05) is 17.8 Å². The molecule has 1 atom stereocenters. The van der Waals surface area contributed by atoms with Crippen LogP contribution in [0.5, 0.6) is 0 Å². The summed E-state index contributed by atoms with van der Waals surface area (Å²) in [6, 6.07) is 25.8. The van der Waals surface area contributed by atoms with Gasteiger partial charge in [-0.2, -0.15) is 0 Å². The Morgan fingerprint density at radius 2 is 1.80 bits per heavy atom. The quantitative estimate of drug-likeness (QED) is 0.590. The molecule has 1 fully saturated rings. The third-order valence-corrected chi connectivity index (χ3v) is 6.33. The van der Waals surface area contributed by atoms with Crippen molar-refractivity contribution in [2.24, 2.45) is 0 Å². The first-order chi connectivity index (χ1) is 14.6. The van der Waals surface area contributed by atoms with Crippen molar-refractivity contribution in [3.63, 3.8) is 0 Å². The standard InChI is InChI=1S/C25H24N2O2S/c1-18-10-13-22(14-11-18)27-24(29)17-30-25(27)20-8-5-9-21(16-20)26-23(28)15-12-19-6-3-2-4-7-19/h2-11,13-14,16,25H,12,15,17H2,1H3,(H,26,28)/t25-/m0/s1. The van der Waals surface area contributed by atoms with Gasteiger partial charge in [-0.1, -0.05) is 60.2 Å². The molecule has 1 N–H and O–H groups in total. The van der Waals surface area contributed by atoms with E-state index in [1.54, 1.807) is 11.8 Å². The maximum absolute atomic E-state index is 12.6. The molecule has 1 heterocycles. The maximum atomic E-state index is 12.6. The molecule has 4 rings (SSSR count). The number of hydrogen-bond acceptors (Lipinski definition) is 3. The van der Waals surface area contributed by atoms with E-state index in [1.165, 1.54) is 0 Å². The lowest BCUT2D eigenvalue weighted by Crippen LogP contribution is -2.27. The summed E-state index contributed by atoms with van der Waals surface area (Å²) in [4.78, 5) is 26.8. The molecule has 30 heavy (non-hydrogen) atoms. The summed E-state index contributed by atoms with van der Waals surface area (Å²) in [6.45, 7) is 2.03. The Kier molecular flexibility index (Phi) is 6.19. The first-order valence-electron chi connectivity index (χ1n) is 10.0. The molecule has 3 aromatic carbocycles.